The fourth-order valence-corrected chi connectivity index (χ4v) is 1.53. The fraction of sp³-hybridized carbons (Fsp3) is 0.111. The molecule has 1 aromatic rings. The van der Waals surface area contributed by atoms with Crippen LogP contribution in [0.25, 0.3) is 0 Å². The molecule has 6 N–H and O–H groups in total. The Bertz CT molecular complexity index is 639. The number of alkyl halides is 3. The number of rotatable bonds is 2. The summed E-state index contributed by atoms with van der Waals surface area (Å²) in [5.74, 6) is -1.08. The van der Waals surface area contributed by atoms with E-state index in [0.717, 1.165) is 0 Å². The Labute approximate surface area is 120 Å². The van der Waals surface area contributed by atoms with Gasteiger partial charge in [-0.2, -0.15) is 18.2 Å². The van der Waals surface area contributed by atoms with Crippen LogP contribution in [-0.2, 0) is 6.18 Å². The monoisotopic (exact) mass is 324 g/mol. The first-order valence-corrected chi connectivity index (χ1v) is 5.39. The molecule has 0 amide bonds. The smallest absolute Gasteiger partial charge is 0.370 e. The summed E-state index contributed by atoms with van der Waals surface area (Å²) in [7, 11) is 0. The minimum atomic E-state index is -4.80. The van der Waals surface area contributed by atoms with E-state index in [4.69, 9.17) is 28.8 Å². The highest BCUT2D eigenvalue weighted by molar-refractivity contribution is 6.33. The summed E-state index contributed by atoms with van der Waals surface area (Å²) < 4.78 is 37.7. The van der Waals surface area contributed by atoms with E-state index in [2.05, 4.69) is 9.98 Å². The van der Waals surface area contributed by atoms with Crippen molar-refractivity contribution in [2.24, 2.45) is 27.2 Å². The van der Waals surface area contributed by atoms with E-state index >= 15 is 0 Å². The van der Waals surface area contributed by atoms with Gasteiger partial charge in [-0.05, 0) is 6.07 Å². The molecule has 0 heterocycles. The van der Waals surface area contributed by atoms with Crippen molar-refractivity contribution in [3.05, 3.63) is 32.8 Å². The van der Waals surface area contributed by atoms with E-state index in [9.17, 15) is 23.3 Å². The number of aliphatic imine (C=N–C) groups is 2. The van der Waals surface area contributed by atoms with Crippen LogP contribution in [0.2, 0.25) is 5.02 Å². The number of hydrogen-bond acceptors (Lipinski definition) is 3. The number of hydrogen-bond donors (Lipinski definition) is 3. The molecule has 0 aliphatic rings. The second-order valence-corrected chi connectivity index (χ2v) is 3.99. The van der Waals surface area contributed by atoms with Crippen LogP contribution in [-0.4, -0.2) is 16.8 Å². The van der Waals surface area contributed by atoms with Gasteiger partial charge in [0.1, 0.15) is 0 Å². The van der Waals surface area contributed by atoms with Crippen LogP contribution in [0, 0.1) is 10.1 Å². The molecule has 0 aliphatic heterocycles. The first kappa shape index (κ1) is 16.5. The van der Waals surface area contributed by atoms with Crippen LogP contribution in [0.15, 0.2) is 22.1 Å². The Morgan fingerprint density at radius 3 is 2.29 bits per heavy atom. The van der Waals surface area contributed by atoms with Crippen LogP contribution in [0.3, 0.4) is 0 Å². The van der Waals surface area contributed by atoms with Crippen LogP contribution in [0.5, 0.6) is 0 Å². The van der Waals surface area contributed by atoms with E-state index in [0.29, 0.717) is 6.07 Å². The van der Waals surface area contributed by atoms with E-state index < -0.39 is 45.0 Å². The molecule has 114 valence electrons. The lowest BCUT2D eigenvalue weighted by molar-refractivity contribution is -0.384. The van der Waals surface area contributed by atoms with Crippen molar-refractivity contribution < 1.29 is 18.1 Å². The molecule has 0 unspecified atom stereocenters. The zero-order valence-electron chi connectivity index (χ0n) is 10.1. The molecule has 0 spiro atoms. The predicted molar refractivity (Wildman–Crippen MR) is 70.2 cm³/mol. The van der Waals surface area contributed by atoms with Crippen molar-refractivity contribution in [1.29, 1.82) is 0 Å². The number of nitro groups is 1. The largest absolute Gasteiger partial charge is 0.416 e. The second-order valence-electron chi connectivity index (χ2n) is 3.59. The number of halogens is 4. The van der Waals surface area contributed by atoms with Crippen molar-refractivity contribution in [3.8, 4) is 0 Å². The molecule has 0 aliphatic carbocycles. The number of nitrogens with two attached hydrogens (primary N) is 3. The SMILES string of the molecule is NC(N)=NC(N)=Nc1c(Cl)cc(C(F)(F)F)cc1[N+](=O)[O-]. The maximum absolute atomic E-state index is 12.6. The Kier molecular flexibility index (Phi) is 4.58. The van der Waals surface area contributed by atoms with Crippen molar-refractivity contribution in [1.82, 2.24) is 0 Å². The van der Waals surface area contributed by atoms with E-state index in [1.807, 2.05) is 0 Å². The van der Waals surface area contributed by atoms with Gasteiger partial charge in [0.15, 0.2) is 11.6 Å². The molecular weight excluding hydrogens is 317 g/mol. The quantitative estimate of drug-likeness (QED) is 0.326. The number of guanidine groups is 2. The highest BCUT2D eigenvalue weighted by Crippen LogP contribution is 2.41. The van der Waals surface area contributed by atoms with Gasteiger partial charge in [0.05, 0.1) is 15.5 Å². The predicted octanol–water partition coefficient (Wildman–Crippen LogP) is 1.49. The Morgan fingerprint density at radius 2 is 1.86 bits per heavy atom. The fourth-order valence-electron chi connectivity index (χ4n) is 1.27. The lowest BCUT2D eigenvalue weighted by Crippen LogP contribution is -2.26. The van der Waals surface area contributed by atoms with Crippen LogP contribution in [0.4, 0.5) is 24.5 Å². The van der Waals surface area contributed by atoms with E-state index in [-0.39, 0.29) is 6.07 Å². The summed E-state index contributed by atoms with van der Waals surface area (Å²) in [5.41, 5.74) is 12.4. The number of benzene rings is 1. The minimum Gasteiger partial charge on any atom is -0.370 e. The molecule has 0 atom stereocenters. The maximum atomic E-state index is 12.6. The third-order valence-corrected chi connectivity index (χ3v) is 2.33. The van der Waals surface area contributed by atoms with Gasteiger partial charge in [0.25, 0.3) is 5.69 Å². The molecule has 0 radical (unpaired) electrons. The molecule has 0 fully saturated rings. The van der Waals surface area contributed by atoms with Gasteiger partial charge in [0, 0.05) is 6.07 Å². The molecule has 12 heteroatoms. The highest BCUT2D eigenvalue weighted by Gasteiger charge is 2.34. The zero-order valence-corrected chi connectivity index (χ0v) is 10.8. The standard InChI is InChI=1S/C9H8ClF3N6O2/c10-4-1-3(9(11,12)13)2-5(19(20)21)6(4)17-8(16)18-7(14)15/h1-2H,(H6,14,15,16,17,18). The molecule has 0 saturated carbocycles. The average Bonchev–Trinajstić information content (AvgIpc) is 2.28. The topological polar surface area (TPSA) is 146 Å². The second kappa shape index (κ2) is 5.83. The van der Waals surface area contributed by atoms with Crippen molar-refractivity contribution in [2.75, 3.05) is 0 Å². The summed E-state index contributed by atoms with van der Waals surface area (Å²) in [6.07, 6.45) is -4.80. The van der Waals surface area contributed by atoms with Crippen LogP contribution in [0.1, 0.15) is 5.56 Å². The summed E-state index contributed by atoms with van der Waals surface area (Å²) >= 11 is 5.59. The van der Waals surface area contributed by atoms with Gasteiger partial charge >= 0.3 is 6.18 Å². The van der Waals surface area contributed by atoms with Gasteiger partial charge in [-0.15, -0.1) is 0 Å². The first-order chi connectivity index (χ1) is 9.52. The lowest BCUT2D eigenvalue weighted by atomic mass is 10.1. The maximum Gasteiger partial charge on any atom is 0.416 e. The number of nitro benzene ring substituents is 1. The highest BCUT2D eigenvalue weighted by atomic mass is 35.5. The molecule has 1 aromatic carbocycles. The van der Waals surface area contributed by atoms with E-state index in [1.165, 1.54) is 0 Å². The molecular formula is C9H8ClF3N6O2. The summed E-state index contributed by atoms with van der Waals surface area (Å²) in [6.45, 7) is 0. The molecule has 0 bridgehead atoms. The van der Waals surface area contributed by atoms with Gasteiger partial charge in [0.2, 0.25) is 5.96 Å². The van der Waals surface area contributed by atoms with Crippen LogP contribution < -0.4 is 17.2 Å². The summed E-state index contributed by atoms with van der Waals surface area (Å²) in [6, 6.07) is 0.768. The molecule has 0 saturated heterocycles. The first-order valence-electron chi connectivity index (χ1n) is 5.01. The Balaban J connectivity index is 3.53. The number of nitrogens with zero attached hydrogens (tertiary/aromatic N) is 3. The summed E-state index contributed by atoms with van der Waals surface area (Å²) in [4.78, 5) is 16.5. The minimum absolute atomic E-state index is 0.285. The van der Waals surface area contributed by atoms with Gasteiger partial charge < -0.3 is 17.2 Å². The average molecular weight is 325 g/mol. The van der Waals surface area contributed by atoms with Crippen molar-refractivity contribution in [2.45, 2.75) is 6.18 Å². The molecule has 8 nitrogen and oxygen atoms in total. The van der Waals surface area contributed by atoms with Crippen molar-refractivity contribution in [3.63, 3.8) is 0 Å². The molecule has 21 heavy (non-hydrogen) atoms. The van der Waals surface area contributed by atoms with Gasteiger partial charge in [-0.25, -0.2) is 4.99 Å². The zero-order chi connectivity index (χ0) is 16.4. The van der Waals surface area contributed by atoms with Crippen LogP contribution >= 0.6 is 11.6 Å². The van der Waals surface area contributed by atoms with Crippen molar-refractivity contribution >= 4 is 34.9 Å². The van der Waals surface area contributed by atoms with E-state index in [1.54, 1.807) is 0 Å². The summed E-state index contributed by atoms with van der Waals surface area (Å²) in [5, 5.41) is 10.2. The van der Waals surface area contributed by atoms with Gasteiger partial charge in [-0.1, -0.05) is 11.6 Å². The lowest BCUT2D eigenvalue weighted by Gasteiger charge is -2.08. The third kappa shape index (κ3) is 4.21. The molecule has 0 aromatic heterocycles. The molecule has 1 rings (SSSR count). The Hall–Kier alpha value is -2.56. The third-order valence-electron chi connectivity index (χ3n) is 2.04. The Morgan fingerprint density at radius 1 is 1.29 bits per heavy atom. The van der Waals surface area contributed by atoms with Gasteiger partial charge in [-0.3, -0.25) is 10.1 Å². The normalized spacial score (nSPS) is 12.1.